The number of unbranched alkanes of at least 4 members (excludes halogenated alkanes) is 9. The summed E-state index contributed by atoms with van der Waals surface area (Å²) in [6, 6.07) is 1.24. The average molecular weight is 1040 g/mol. The molecule has 0 saturated carbocycles. The summed E-state index contributed by atoms with van der Waals surface area (Å²) >= 11 is 0. The average Bonchev–Trinajstić information content (AvgIpc) is 3.60. The molecule has 1 aliphatic rings. The number of carbonyl (C=O) groups excluding carboxylic acids is 2. The molecule has 8 atom stereocenters. The third-order valence-electron chi connectivity index (χ3n) is 10.5. The number of esters is 2. The van der Waals surface area contributed by atoms with Crippen LogP contribution >= 0.6 is 15.6 Å². The van der Waals surface area contributed by atoms with Crippen LogP contribution in [0.15, 0.2) is 102 Å². The van der Waals surface area contributed by atoms with Gasteiger partial charge < -0.3 is 45.1 Å². The quantitative estimate of drug-likeness (QED) is 0.0118. The van der Waals surface area contributed by atoms with Crippen molar-refractivity contribution in [2.75, 3.05) is 25.6 Å². The standard InChI is InChI=1S/C50H79N3O16P2/c1-3-5-7-9-11-13-14-15-16-17-18-20-22-26-31-35-46(56)67-42(38-64-45(55)34-30-27-23-25-29-33-41(54)32-28-24-21-19-12-10-8-6-4-2)39-65-70(60,61)69-71(62,63)66-40-43-47(57)48(58)49(68-43)53-37-36-44(51)52-50(53)59/h5,7,11-13,15-16,19,23-25,28-29,33,36-37,41-43,47-49,54,57-58H,3-4,6,8-10,14,17-18,20-22,26-27,30-32,34-35,38-40H2,1-2H3,(H,60,61)(H,62,63)(H2,51,52,59)/b7-5-,13-11-,16-15-,19-12-,25-23+,28-24-,33-29-/t41?,42-,43-,47-,48-,49-/m1/s1. The van der Waals surface area contributed by atoms with Crippen LogP contribution in [0.5, 0.6) is 0 Å². The molecule has 1 aromatic rings. The van der Waals surface area contributed by atoms with Gasteiger partial charge in [0.2, 0.25) is 0 Å². The maximum atomic E-state index is 12.8. The number of nitrogen functional groups attached to an aromatic ring is 1. The van der Waals surface area contributed by atoms with Gasteiger partial charge in [-0.05, 0) is 83.1 Å². The van der Waals surface area contributed by atoms with Crippen molar-refractivity contribution < 1.29 is 71.4 Å². The predicted molar refractivity (Wildman–Crippen MR) is 271 cm³/mol. The highest BCUT2D eigenvalue weighted by Crippen LogP contribution is 2.60. The van der Waals surface area contributed by atoms with Crippen LogP contribution in [0.2, 0.25) is 0 Å². The second-order valence-corrected chi connectivity index (χ2v) is 19.8. The maximum absolute atomic E-state index is 12.8. The van der Waals surface area contributed by atoms with Crippen molar-refractivity contribution in [3.63, 3.8) is 0 Å². The van der Waals surface area contributed by atoms with Crippen LogP contribution in [-0.4, -0.2) is 96.9 Å². The Kier molecular flexibility index (Phi) is 33.4. The lowest BCUT2D eigenvalue weighted by Crippen LogP contribution is -2.36. The number of nitrogens with two attached hydrogens (primary N) is 1. The molecule has 21 heteroatoms. The third kappa shape index (κ3) is 30.5. The highest BCUT2D eigenvalue weighted by atomic mass is 31.3. The van der Waals surface area contributed by atoms with Crippen LogP contribution < -0.4 is 11.4 Å². The topological polar surface area (TPSA) is 286 Å². The summed E-state index contributed by atoms with van der Waals surface area (Å²) in [4.78, 5) is 61.8. The first-order chi connectivity index (χ1) is 34.1. The Balaban J connectivity index is 1.87. The molecule has 71 heavy (non-hydrogen) atoms. The number of anilines is 1. The third-order valence-corrected chi connectivity index (χ3v) is 13.1. The Morgan fingerprint density at radius 3 is 2.06 bits per heavy atom. The zero-order valence-corrected chi connectivity index (χ0v) is 43.1. The minimum absolute atomic E-state index is 0.00340. The Morgan fingerprint density at radius 1 is 0.761 bits per heavy atom. The summed E-state index contributed by atoms with van der Waals surface area (Å²) in [5.74, 6) is -1.46. The number of carbonyl (C=O) groups is 2. The number of hydrogen-bond donors (Lipinski definition) is 6. The van der Waals surface area contributed by atoms with Gasteiger partial charge in [0.05, 0.1) is 19.3 Å². The van der Waals surface area contributed by atoms with Crippen molar-refractivity contribution in [1.82, 2.24) is 9.55 Å². The van der Waals surface area contributed by atoms with Crippen LogP contribution in [0.1, 0.15) is 142 Å². The van der Waals surface area contributed by atoms with Gasteiger partial charge >= 0.3 is 33.3 Å². The fourth-order valence-corrected chi connectivity index (χ4v) is 8.80. The lowest BCUT2D eigenvalue weighted by atomic mass is 10.1. The van der Waals surface area contributed by atoms with E-state index in [4.69, 9.17) is 29.0 Å². The molecule has 0 bridgehead atoms. The van der Waals surface area contributed by atoms with Gasteiger partial charge in [-0.15, -0.1) is 0 Å². The Morgan fingerprint density at radius 2 is 1.37 bits per heavy atom. The highest BCUT2D eigenvalue weighted by molar-refractivity contribution is 7.61. The minimum Gasteiger partial charge on any atom is -0.462 e. The molecule has 1 aliphatic heterocycles. The zero-order valence-electron chi connectivity index (χ0n) is 41.4. The molecule has 2 rings (SSSR count). The molecule has 0 aromatic carbocycles. The van der Waals surface area contributed by atoms with E-state index in [0.29, 0.717) is 25.7 Å². The minimum atomic E-state index is -5.46. The number of aliphatic hydroxyl groups excluding tert-OH is 3. The molecule has 0 aliphatic carbocycles. The van der Waals surface area contributed by atoms with Crippen molar-refractivity contribution in [2.45, 2.75) is 173 Å². The maximum Gasteiger partial charge on any atom is 0.481 e. The first-order valence-electron chi connectivity index (χ1n) is 24.7. The summed E-state index contributed by atoms with van der Waals surface area (Å²) in [6.07, 6.45) is 35.5. The van der Waals surface area contributed by atoms with E-state index in [1.807, 2.05) is 18.2 Å². The van der Waals surface area contributed by atoms with Gasteiger partial charge in [0, 0.05) is 19.0 Å². The molecular formula is C50H79N3O16P2. The molecule has 7 N–H and O–H groups in total. The first kappa shape index (κ1) is 63.0. The summed E-state index contributed by atoms with van der Waals surface area (Å²) in [6.45, 7) is 1.84. The number of aliphatic hydroxyl groups is 3. The largest absolute Gasteiger partial charge is 0.481 e. The van der Waals surface area contributed by atoms with E-state index in [-0.39, 0.29) is 18.7 Å². The zero-order chi connectivity index (χ0) is 52.2. The molecule has 1 aromatic heterocycles. The number of hydrogen-bond acceptors (Lipinski definition) is 16. The molecule has 2 heterocycles. The van der Waals surface area contributed by atoms with Crippen molar-refractivity contribution in [3.8, 4) is 0 Å². The summed E-state index contributed by atoms with van der Waals surface area (Å²) < 4.78 is 56.6. The Labute approximate surface area is 419 Å². The fourth-order valence-electron chi connectivity index (χ4n) is 6.69. The van der Waals surface area contributed by atoms with E-state index >= 15 is 0 Å². The summed E-state index contributed by atoms with van der Waals surface area (Å²) in [5, 5.41) is 31.1. The lowest BCUT2D eigenvalue weighted by Gasteiger charge is -2.21. The number of ether oxygens (including phenoxy) is 3. The number of aromatic nitrogens is 2. The number of nitrogens with zero attached hydrogens (tertiary/aromatic N) is 2. The van der Waals surface area contributed by atoms with Crippen molar-refractivity contribution in [3.05, 3.63) is 108 Å². The predicted octanol–water partition coefficient (Wildman–Crippen LogP) is 8.86. The second-order valence-electron chi connectivity index (χ2n) is 16.8. The van der Waals surface area contributed by atoms with Gasteiger partial charge in [-0.2, -0.15) is 9.29 Å². The van der Waals surface area contributed by atoms with Gasteiger partial charge in [0.15, 0.2) is 12.3 Å². The molecule has 0 radical (unpaired) electrons. The molecule has 19 nitrogen and oxygen atoms in total. The van der Waals surface area contributed by atoms with Crippen LogP contribution in [0.25, 0.3) is 0 Å². The van der Waals surface area contributed by atoms with Crippen molar-refractivity contribution in [1.29, 1.82) is 0 Å². The molecule has 400 valence electrons. The number of phosphoric acid groups is 2. The molecule has 0 spiro atoms. The van der Waals surface area contributed by atoms with E-state index < -0.39 is 89.8 Å². The van der Waals surface area contributed by atoms with Gasteiger partial charge in [-0.25, -0.2) is 13.9 Å². The van der Waals surface area contributed by atoms with Gasteiger partial charge in [0.25, 0.3) is 0 Å². The summed E-state index contributed by atoms with van der Waals surface area (Å²) in [5.41, 5.74) is 4.57. The molecule has 0 amide bonds. The molecule has 3 unspecified atom stereocenters. The number of phosphoric ester groups is 2. The van der Waals surface area contributed by atoms with E-state index in [9.17, 15) is 48.6 Å². The van der Waals surface area contributed by atoms with E-state index in [0.717, 1.165) is 75.0 Å². The lowest BCUT2D eigenvalue weighted by molar-refractivity contribution is -0.161. The van der Waals surface area contributed by atoms with Gasteiger partial charge in [0.1, 0.15) is 30.7 Å². The van der Waals surface area contributed by atoms with Crippen LogP contribution in [0.3, 0.4) is 0 Å². The molecule has 1 saturated heterocycles. The summed E-state index contributed by atoms with van der Waals surface area (Å²) in [7, 11) is -10.9. The van der Waals surface area contributed by atoms with Crippen LogP contribution in [0.4, 0.5) is 5.82 Å². The smallest absolute Gasteiger partial charge is 0.462 e. The SMILES string of the molecule is CC/C=C\C/C=C\C/C=C\CCCCCCCC(=O)O[C@H](COC(=O)CCC/C=C/C=C\C(O)C/C=C\C/C=C\CCCCC)COP(=O)(O)OP(=O)(O)OC[C@H]1O[C@@H](n2ccc(N)nc2=O)[C@H](O)[C@@H]1O. The van der Waals surface area contributed by atoms with Crippen molar-refractivity contribution >= 4 is 33.4 Å². The monoisotopic (exact) mass is 1040 g/mol. The molecule has 1 fully saturated rings. The van der Waals surface area contributed by atoms with E-state index in [1.165, 1.54) is 25.3 Å². The normalized spacial score (nSPS) is 20.3. The second kappa shape index (κ2) is 37.6. The molecular weight excluding hydrogens is 961 g/mol. The van der Waals surface area contributed by atoms with E-state index in [1.54, 1.807) is 18.2 Å². The van der Waals surface area contributed by atoms with E-state index in [2.05, 4.69) is 71.8 Å². The first-order valence-corrected chi connectivity index (χ1v) is 27.7. The van der Waals surface area contributed by atoms with Crippen LogP contribution in [-0.2, 0) is 46.3 Å². The van der Waals surface area contributed by atoms with Gasteiger partial charge in [-0.3, -0.25) is 23.2 Å². The Bertz CT molecular complexity index is 2040. The fraction of sp³-hybridized carbons (Fsp3) is 0.600. The van der Waals surface area contributed by atoms with Crippen molar-refractivity contribution in [2.24, 2.45) is 0 Å². The van der Waals surface area contributed by atoms with Crippen LogP contribution in [0, 0.1) is 0 Å². The Hall–Kier alpha value is -4.10. The number of rotatable bonds is 39. The highest BCUT2D eigenvalue weighted by Gasteiger charge is 2.46. The number of allylic oxidation sites excluding steroid dienone is 12. The van der Waals surface area contributed by atoms with Gasteiger partial charge in [-0.1, -0.05) is 131 Å².